The van der Waals surface area contributed by atoms with Gasteiger partial charge in [0.25, 0.3) is 5.91 Å². The molecule has 0 saturated heterocycles. The number of halogens is 2. The van der Waals surface area contributed by atoms with Gasteiger partial charge in [-0.3, -0.25) is 10.1 Å². The van der Waals surface area contributed by atoms with E-state index in [1.165, 1.54) is 6.07 Å². The molecule has 6 nitrogen and oxygen atoms in total. The minimum Gasteiger partial charge on any atom is -0.495 e. The monoisotopic (exact) mass is 499 g/mol. The van der Waals surface area contributed by atoms with Crippen LogP contribution in [0.2, 0.25) is 10.0 Å². The van der Waals surface area contributed by atoms with Crippen LogP contribution >= 0.6 is 35.4 Å². The van der Waals surface area contributed by atoms with Gasteiger partial charge in [-0.15, -0.1) is 0 Å². The molecule has 1 aromatic heterocycles. The van der Waals surface area contributed by atoms with Crippen molar-refractivity contribution in [3.63, 3.8) is 0 Å². The quantitative estimate of drug-likeness (QED) is 0.310. The number of hydrogen-bond acceptors (Lipinski definition) is 5. The van der Waals surface area contributed by atoms with Crippen LogP contribution in [0.3, 0.4) is 0 Å². The number of hydrogen-bond donors (Lipinski definition) is 2. The minimum atomic E-state index is -0.425. The van der Waals surface area contributed by atoms with Crippen LogP contribution < -0.4 is 15.4 Å². The van der Waals surface area contributed by atoms with Gasteiger partial charge in [-0.1, -0.05) is 23.2 Å². The van der Waals surface area contributed by atoms with E-state index in [2.05, 4.69) is 15.6 Å². The Morgan fingerprint density at radius 2 is 1.79 bits per heavy atom. The lowest BCUT2D eigenvalue weighted by Crippen LogP contribution is -2.34. The number of fused-ring (bicyclic) bond motifs is 1. The second-order valence-electron chi connectivity index (χ2n) is 7.38. The molecule has 3 aromatic carbocycles. The average Bonchev–Trinajstić information content (AvgIpc) is 3.18. The first kappa shape index (κ1) is 23.0. The number of thiocarbonyl (C=S) groups is 1. The lowest BCUT2D eigenvalue weighted by atomic mass is 10.1. The van der Waals surface area contributed by atoms with Gasteiger partial charge in [0.1, 0.15) is 11.3 Å². The summed E-state index contributed by atoms with van der Waals surface area (Å²) in [5, 5.41) is 6.35. The molecule has 0 fully saturated rings. The van der Waals surface area contributed by atoms with E-state index in [0.29, 0.717) is 33.5 Å². The highest BCUT2D eigenvalue weighted by molar-refractivity contribution is 7.80. The number of carbonyl (C=O) groups is 1. The molecular formula is C24H19Cl2N3O3S. The van der Waals surface area contributed by atoms with Gasteiger partial charge in [0.15, 0.2) is 10.7 Å². The van der Waals surface area contributed by atoms with E-state index in [0.717, 1.165) is 22.2 Å². The van der Waals surface area contributed by atoms with Crippen LogP contribution in [0.5, 0.6) is 5.75 Å². The standard InChI is InChI=1S/C24H19Cl2N3O3S/c1-12-8-18-21(9-13(12)2)32-23(27-18)15-5-7-20(31-3)19(11-15)28-24(33)29-22(30)14-4-6-16(25)17(26)10-14/h4-11H,1-3H3,(H2,28,29,30,33). The average molecular weight is 500 g/mol. The Labute approximate surface area is 205 Å². The fourth-order valence-corrected chi connectivity index (χ4v) is 3.71. The molecule has 0 aliphatic carbocycles. The van der Waals surface area contributed by atoms with Crippen molar-refractivity contribution in [2.45, 2.75) is 13.8 Å². The number of benzene rings is 3. The van der Waals surface area contributed by atoms with Crippen LogP contribution in [-0.2, 0) is 0 Å². The molecule has 33 heavy (non-hydrogen) atoms. The lowest BCUT2D eigenvalue weighted by Gasteiger charge is -2.14. The van der Waals surface area contributed by atoms with Crippen LogP contribution in [0.1, 0.15) is 21.5 Å². The highest BCUT2D eigenvalue weighted by atomic mass is 35.5. The van der Waals surface area contributed by atoms with Crippen LogP contribution in [0, 0.1) is 13.8 Å². The molecule has 0 aliphatic rings. The van der Waals surface area contributed by atoms with Gasteiger partial charge >= 0.3 is 0 Å². The van der Waals surface area contributed by atoms with Crippen molar-refractivity contribution in [1.82, 2.24) is 10.3 Å². The first-order valence-corrected chi connectivity index (χ1v) is 11.0. The van der Waals surface area contributed by atoms with Crippen molar-refractivity contribution >= 4 is 63.2 Å². The Kier molecular flexibility index (Phi) is 6.56. The minimum absolute atomic E-state index is 0.0883. The molecule has 9 heteroatoms. The number of oxazole rings is 1. The van der Waals surface area contributed by atoms with Gasteiger partial charge in [-0.05, 0) is 85.7 Å². The third-order valence-corrected chi connectivity index (χ3v) is 6.05. The maximum absolute atomic E-state index is 12.5. The molecule has 1 amide bonds. The number of anilines is 1. The molecule has 0 unspecified atom stereocenters. The van der Waals surface area contributed by atoms with Gasteiger partial charge in [-0.25, -0.2) is 4.98 Å². The SMILES string of the molecule is COc1ccc(-c2nc3cc(C)c(C)cc3o2)cc1NC(=S)NC(=O)c1ccc(Cl)c(Cl)c1. The molecule has 0 spiro atoms. The number of nitrogens with zero attached hydrogens (tertiary/aromatic N) is 1. The van der Waals surface area contributed by atoms with E-state index in [1.54, 1.807) is 31.4 Å². The van der Waals surface area contributed by atoms with E-state index in [9.17, 15) is 4.79 Å². The second kappa shape index (κ2) is 9.39. The zero-order valence-electron chi connectivity index (χ0n) is 18.0. The number of ether oxygens (including phenoxy) is 1. The van der Waals surface area contributed by atoms with Crippen molar-refractivity contribution in [2.75, 3.05) is 12.4 Å². The van der Waals surface area contributed by atoms with Crippen molar-refractivity contribution in [3.8, 4) is 17.2 Å². The largest absolute Gasteiger partial charge is 0.495 e. The Hall–Kier alpha value is -3.13. The summed E-state index contributed by atoms with van der Waals surface area (Å²) in [5.74, 6) is 0.574. The smallest absolute Gasteiger partial charge is 0.257 e. The van der Waals surface area contributed by atoms with Crippen molar-refractivity contribution in [3.05, 3.63) is 75.3 Å². The van der Waals surface area contributed by atoms with E-state index < -0.39 is 5.91 Å². The first-order valence-electron chi connectivity index (χ1n) is 9.88. The van der Waals surface area contributed by atoms with Crippen LogP contribution in [-0.4, -0.2) is 23.1 Å². The summed E-state index contributed by atoms with van der Waals surface area (Å²) in [6.45, 7) is 4.06. The topological polar surface area (TPSA) is 76.4 Å². The summed E-state index contributed by atoms with van der Waals surface area (Å²) in [6.07, 6.45) is 0. The maximum atomic E-state index is 12.5. The van der Waals surface area contributed by atoms with E-state index in [-0.39, 0.29) is 10.1 Å². The lowest BCUT2D eigenvalue weighted by molar-refractivity contribution is 0.0977. The van der Waals surface area contributed by atoms with Gasteiger partial charge < -0.3 is 14.5 Å². The summed E-state index contributed by atoms with van der Waals surface area (Å²) < 4.78 is 11.4. The fourth-order valence-electron chi connectivity index (χ4n) is 3.21. The maximum Gasteiger partial charge on any atom is 0.257 e. The van der Waals surface area contributed by atoms with Crippen molar-refractivity contribution < 1.29 is 13.9 Å². The van der Waals surface area contributed by atoms with Crippen LogP contribution in [0.15, 0.2) is 52.9 Å². The Bertz CT molecular complexity index is 1360. The molecule has 0 atom stereocenters. The predicted molar refractivity (Wildman–Crippen MR) is 136 cm³/mol. The van der Waals surface area contributed by atoms with Gasteiger partial charge in [0, 0.05) is 11.1 Å². The van der Waals surface area contributed by atoms with Gasteiger partial charge in [0.05, 0.1) is 22.8 Å². The zero-order chi connectivity index (χ0) is 23.7. The third-order valence-electron chi connectivity index (χ3n) is 5.11. The summed E-state index contributed by atoms with van der Waals surface area (Å²) in [5.41, 5.74) is 5.36. The highest BCUT2D eigenvalue weighted by Gasteiger charge is 2.15. The van der Waals surface area contributed by atoms with Crippen LogP contribution in [0.25, 0.3) is 22.6 Å². The summed E-state index contributed by atoms with van der Waals surface area (Å²) in [6, 6.07) is 13.9. The Balaban J connectivity index is 1.57. The molecule has 2 N–H and O–H groups in total. The molecule has 0 bridgehead atoms. The van der Waals surface area contributed by atoms with Crippen LogP contribution in [0.4, 0.5) is 5.69 Å². The number of aromatic nitrogens is 1. The summed E-state index contributed by atoms with van der Waals surface area (Å²) >= 11 is 17.2. The normalized spacial score (nSPS) is 10.8. The first-order chi connectivity index (χ1) is 15.7. The second-order valence-corrected chi connectivity index (χ2v) is 8.60. The zero-order valence-corrected chi connectivity index (χ0v) is 20.3. The number of aryl methyl sites for hydroxylation is 2. The number of carbonyl (C=O) groups excluding carboxylic acids is 1. The number of rotatable bonds is 4. The van der Waals surface area contributed by atoms with E-state index >= 15 is 0 Å². The Morgan fingerprint density at radius 1 is 1.03 bits per heavy atom. The summed E-state index contributed by atoms with van der Waals surface area (Å²) in [7, 11) is 1.54. The van der Waals surface area contributed by atoms with E-state index in [4.69, 9.17) is 44.6 Å². The Morgan fingerprint density at radius 3 is 2.52 bits per heavy atom. The van der Waals surface area contributed by atoms with E-state index in [1.807, 2.05) is 32.0 Å². The molecule has 0 aliphatic heterocycles. The summed E-state index contributed by atoms with van der Waals surface area (Å²) in [4.78, 5) is 17.1. The molecule has 4 rings (SSSR count). The molecule has 1 heterocycles. The number of amides is 1. The number of nitrogens with one attached hydrogen (secondary N) is 2. The molecule has 0 radical (unpaired) electrons. The van der Waals surface area contributed by atoms with Gasteiger partial charge in [-0.2, -0.15) is 0 Å². The van der Waals surface area contributed by atoms with Crippen molar-refractivity contribution in [1.29, 1.82) is 0 Å². The predicted octanol–water partition coefficient (Wildman–Crippen LogP) is 6.55. The molecule has 0 saturated carbocycles. The highest BCUT2D eigenvalue weighted by Crippen LogP contribution is 2.32. The molecule has 168 valence electrons. The van der Waals surface area contributed by atoms with Crippen molar-refractivity contribution in [2.24, 2.45) is 0 Å². The van der Waals surface area contributed by atoms with Gasteiger partial charge in [0.2, 0.25) is 5.89 Å². The third kappa shape index (κ3) is 4.95. The fraction of sp³-hybridized carbons (Fsp3) is 0.125. The molecular weight excluding hydrogens is 481 g/mol. The number of methoxy groups -OCH3 is 1. The molecule has 4 aromatic rings.